The number of aromatic nitrogens is 1. The van der Waals surface area contributed by atoms with Crippen LogP contribution in [0.4, 0.5) is 0 Å². The zero-order valence-corrected chi connectivity index (χ0v) is 11.3. The molecule has 3 rings (SSSR count). The lowest BCUT2D eigenvalue weighted by Gasteiger charge is -2.05. The molecule has 3 aromatic rings. The Morgan fingerprint density at radius 2 is 1.78 bits per heavy atom. The van der Waals surface area contributed by atoms with Crippen LogP contribution in [0, 0.1) is 6.92 Å². The molecular formula is C14H10ClNOS. The standard InChI is InChI=1S/C14H10ClNOS/c1-9-16-13-7-6-12(8-14(13)18-9)17-11-4-2-10(15)3-5-11/h2-8H,1H3. The first-order valence-electron chi connectivity index (χ1n) is 5.51. The van der Waals surface area contributed by atoms with Crippen molar-refractivity contribution in [2.45, 2.75) is 6.92 Å². The highest BCUT2D eigenvalue weighted by molar-refractivity contribution is 7.18. The van der Waals surface area contributed by atoms with Gasteiger partial charge in [0.05, 0.1) is 15.2 Å². The molecule has 2 nitrogen and oxygen atoms in total. The number of benzene rings is 2. The van der Waals surface area contributed by atoms with Gasteiger partial charge in [0.1, 0.15) is 11.5 Å². The molecule has 0 unspecified atom stereocenters. The van der Waals surface area contributed by atoms with Gasteiger partial charge in [-0.25, -0.2) is 4.98 Å². The van der Waals surface area contributed by atoms with Crippen LogP contribution in [0.1, 0.15) is 5.01 Å². The third-order valence-electron chi connectivity index (χ3n) is 2.52. The summed E-state index contributed by atoms with van der Waals surface area (Å²) < 4.78 is 6.91. The Bertz CT molecular complexity index is 691. The molecule has 0 aliphatic rings. The summed E-state index contributed by atoms with van der Waals surface area (Å²) in [6, 6.07) is 13.2. The maximum absolute atomic E-state index is 5.83. The monoisotopic (exact) mass is 275 g/mol. The van der Waals surface area contributed by atoms with E-state index in [1.165, 1.54) is 0 Å². The second-order valence-corrected chi connectivity index (χ2v) is 5.59. The van der Waals surface area contributed by atoms with Gasteiger partial charge in [-0.15, -0.1) is 11.3 Å². The largest absolute Gasteiger partial charge is 0.457 e. The Morgan fingerprint density at radius 3 is 2.56 bits per heavy atom. The second kappa shape index (κ2) is 4.59. The van der Waals surface area contributed by atoms with Gasteiger partial charge in [-0.05, 0) is 43.3 Å². The van der Waals surface area contributed by atoms with E-state index in [0.29, 0.717) is 5.02 Å². The molecule has 1 aromatic heterocycles. The number of fused-ring (bicyclic) bond motifs is 1. The van der Waals surface area contributed by atoms with E-state index in [0.717, 1.165) is 26.7 Å². The molecule has 2 aromatic carbocycles. The Balaban J connectivity index is 1.92. The molecule has 0 amide bonds. The Kier molecular flexibility index (Phi) is 2.94. The molecule has 18 heavy (non-hydrogen) atoms. The number of nitrogens with zero attached hydrogens (tertiary/aromatic N) is 1. The van der Waals surface area contributed by atoms with E-state index >= 15 is 0 Å². The fraction of sp³-hybridized carbons (Fsp3) is 0.0714. The number of ether oxygens (including phenoxy) is 1. The van der Waals surface area contributed by atoms with Crippen LogP contribution < -0.4 is 4.74 Å². The van der Waals surface area contributed by atoms with Gasteiger partial charge in [0, 0.05) is 11.1 Å². The Morgan fingerprint density at radius 1 is 1.06 bits per heavy atom. The molecule has 4 heteroatoms. The molecule has 0 saturated heterocycles. The van der Waals surface area contributed by atoms with E-state index in [1.807, 2.05) is 49.4 Å². The van der Waals surface area contributed by atoms with Gasteiger partial charge < -0.3 is 4.74 Å². The second-order valence-electron chi connectivity index (χ2n) is 3.92. The number of thiazole rings is 1. The predicted octanol–water partition coefficient (Wildman–Crippen LogP) is 5.05. The average molecular weight is 276 g/mol. The van der Waals surface area contributed by atoms with Crippen LogP contribution in [0.2, 0.25) is 5.02 Å². The van der Waals surface area contributed by atoms with Gasteiger partial charge in [0.2, 0.25) is 0 Å². The third kappa shape index (κ3) is 2.33. The minimum atomic E-state index is 0.705. The SMILES string of the molecule is Cc1nc2ccc(Oc3ccc(Cl)cc3)cc2s1. The van der Waals surface area contributed by atoms with Crippen LogP contribution in [-0.4, -0.2) is 4.98 Å². The lowest BCUT2D eigenvalue weighted by Crippen LogP contribution is -1.83. The van der Waals surface area contributed by atoms with Gasteiger partial charge in [-0.3, -0.25) is 0 Å². The molecule has 1 heterocycles. The van der Waals surface area contributed by atoms with Crippen molar-refractivity contribution in [1.29, 1.82) is 0 Å². The molecule has 90 valence electrons. The van der Waals surface area contributed by atoms with E-state index in [2.05, 4.69) is 4.98 Å². The van der Waals surface area contributed by atoms with Crippen LogP contribution in [-0.2, 0) is 0 Å². The van der Waals surface area contributed by atoms with E-state index in [-0.39, 0.29) is 0 Å². The summed E-state index contributed by atoms with van der Waals surface area (Å²) in [6.07, 6.45) is 0. The molecule has 0 N–H and O–H groups in total. The molecule has 0 spiro atoms. The quantitative estimate of drug-likeness (QED) is 0.653. The fourth-order valence-electron chi connectivity index (χ4n) is 1.72. The van der Waals surface area contributed by atoms with Gasteiger partial charge in [-0.1, -0.05) is 11.6 Å². The first-order chi connectivity index (χ1) is 8.70. The minimum absolute atomic E-state index is 0.705. The average Bonchev–Trinajstić information content (AvgIpc) is 2.71. The summed E-state index contributed by atoms with van der Waals surface area (Å²) in [5.41, 5.74) is 1.01. The van der Waals surface area contributed by atoms with Crippen molar-refractivity contribution in [1.82, 2.24) is 4.98 Å². The van der Waals surface area contributed by atoms with E-state index < -0.39 is 0 Å². The summed E-state index contributed by atoms with van der Waals surface area (Å²) >= 11 is 7.50. The van der Waals surface area contributed by atoms with Crippen molar-refractivity contribution in [2.75, 3.05) is 0 Å². The number of rotatable bonds is 2. The molecule has 0 bridgehead atoms. The zero-order valence-electron chi connectivity index (χ0n) is 9.68. The van der Waals surface area contributed by atoms with E-state index in [4.69, 9.17) is 16.3 Å². The Labute approximate surface area is 114 Å². The van der Waals surface area contributed by atoms with Crippen molar-refractivity contribution in [3.63, 3.8) is 0 Å². The fourth-order valence-corrected chi connectivity index (χ4v) is 2.70. The highest BCUT2D eigenvalue weighted by Gasteiger charge is 2.03. The van der Waals surface area contributed by atoms with Crippen LogP contribution in [0.3, 0.4) is 0 Å². The smallest absolute Gasteiger partial charge is 0.128 e. The first-order valence-corrected chi connectivity index (χ1v) is 6.71. The molecule has 0 aliphatic heterocycles. The van der Waals surface area contributed by atoms with Gasteiger partial charge in [0.15, 0.2) is 0 Å². The number of halogens is 1. The third-order valence-corrected chi connectivity index (χ3v) is 3.70. The summed E-state index contributed by atoms with van der Waals surface area (Å²) in [5, 5.41) is 1.77. The Hall–Kier alpha value is -1.58. The molecule has 0 saturated carbocycles. The molecule has 0 fully saturated rings. The summed E-state index contributed by atoms with van der Waals surface area (Å²) in [4.78, 5) is 4.42. The van der Waals surface area contributed by atoms with E-state index in [9.17, 15) is 0 Å². The van der Waals surface area contributed by atoms with Gasteiger partial charge in [-0.2, -0.15) is 0 Å². The number of hydrogen-bond donors (Lipinski definition) is 0. The molecule has 0 aliphatic carbocycles. The van der Waals surface area contributed by atoms with Crippen LogP contribution in [0.15, 0.2) is 42.5 Å². The zero-order chi connectivity index (χ0) is 12.5. The number of hydrogen-bond acceptors (Lipinski definition) is 3. The lowest BCUT2D eigenvalue weighted by molar-refractivity contribution is 0.483. The highest BCUT2D eigenvalue weighted by Crippen LogP contribution is 2.29. The summed E-state index contributed by atoms with van der Waals surface area (Å²) in [6.45, 7) is 2.00. The topological polar surface area (TPSA) is 22.1 Å². The summed E-state index contributed by atoms with van der Waals surface area (Å²) in [5.74, 6) is 1.59. The maximum Gasteiger partial charge on any atom is 0.128 e. The van der Waals surface area contributed by atoms with Crippen LogP contribution in [0.5, 0.6) is 11.5 Å². The molecular weight excluding hydrogens is 266 g/mol. The van der Waals surface area contributed by atoms with Gasteiger partial charge >= 0.3 is 0 Å². The maximum atomic E-state index is 5.83. The molecule has 0 atom stereocenters. The van der Waals surface area contributed by atoms with Gasteiger partial charge in [0.25, 0.3) is 0 Å². The van der Waals surface area contributed by atoms with Crippen LogP contribution >= 0.6 is 22.9 Å². The van der Waals surface area contributed by atoms with Crippen LogP contribution in [0.25, 0.3) is 10.2 Å². The van der Waals surface area contributed by atoms with Crippen molar-refractivity contribution in [2.24, 2.45) is 0 Å². The minimum Gasteiger partial charge on any atom is -0.457 e. The number of aryl methyl sites for hydroxylation is 1. The molecule has 0 radical (unpaired) electrons. The van der Waals surface area contributed by atoms with E-state index in [1.54, 1.807) is 11.3 Å². The highest BCUT2D eigenvalue weighted by atomic mass is 35.5. The van der Waals surface area contributed by atoms with Crippen molar-refractivity contribution < 1.29 is 4.74 Å². The van der Waals surface area contributed by atoms with Crippen molar-refractivity contribution >= 4 is 33.2 Å². The van der Waals surface area contributed by atoms with Crippen molar-refractivity contribution in [3.8, 4) is 11.5 Å². The lowest BCUT2D eigenvalue weighted by atomic mass is 10.3. The normalized spacial score (nSPS) is 10.8. The summed E-state index contributed by atoms with van der Waals surface area (Å²) in [7, 11) is 0. The predicted molar refractivity (Wildman–Crippen MR) is 75.9 cm³/mol. The first kappa shape index (κ1) is 11.5. The van der Waals surface area contributed by atoms with Crippen molar-refractivity contribution in [3.05, 3.63) is 52.5 Å².